The van der Waals surface area contributed by atoms with Crippen molar-refractivity contribution in [3.8, 4) is 0 Å². The van der Waals surface area contributed by atoms with Crippen LogP contribution in [0.2, 0.25) is 0 Å². The fourth-order valence-electron chi connectivity index (χ4n) is 0.336. The second-order valence-electron chi connectivity index (χ2n) is 2.05. The quantitative estimate of drug-likeness (QED) is 0.582. The molecular formula is C6H10Br2O2. The molecule has 2 nitrogen and oxygen atoms in total. The molecule has 0 aromatic heterocycles. The summed E-state index contributed by atoms with van der Waals surface area (Å²) in [6, 6.07) is 0. The average molecular weight is 274 g/mol. The van der Waals surface area contributed by atoms with Crippen LogP contribution in [0.15, 0.2) is 0 Å². The minimum atomic E-state index is -0.580. The molecule has 0 bridgehead atoms. The monoisotopic (exact) mass is 272 g/mol. The average Bonchev–Trinajstić information content (AvgIpc) is 1.89. The summed E-state index contributed by atoms with van der Waals surface area (Å²) in [7, 11) is 0. The lowest BCUT2D eigenvalue weighted by Crippen LogP contribution is -2.31. The van der Waals surface area contributed by atoms with Gasteiger partial charge in [0.15, 0.2) is 0 Å². The van der Waals surface area contributed by atoms with E-state index in [9.17, 15) is 4.79 Å². The lowest BCUT2D eigenvalue weighted by molar-refractivity contribution is -0.144. The highest BCUT2D eigenvalue weighted by molar-refractivity contribution is 9.12. The summed E-state index contributed by atoms with van der Waals surface area (Å²) < 4.78 is 4.20. The number of halogens is 2. The van der Waals surface area contributed by atoms with Gasteiger partial charge in [0.1, 0.15) is 4.32 Å². The van der Waals surface area contributed by atoms with Gasteiger partial charge in [-0.25, -0.2) is 0 Å². The molecule has 4 heteroatoms. The van der Waals surface area contributed by atoms with E-state index in [1.54, 1.807) is 13.8 Å². The molecule has 0 rings (SSSR count). The Bertz CT molecular complexity index is 123. The third-order valence-corrected chi connectivity index (χ3v) is 3.43. The largest absolute Gasteiger partial charge is 0.465 e. The molecule has 60 valence electrons. The van der Waals surface area contributed by atoms with Gasteiger partial charge < -0.3 is 4.74 Å². The van der Waals surface area contributed by atoms with Gasteiger partial charge in [0.25, 0.3) is 0 Å². The number of hydrogen-bond donors (Lipinski definition) is 0. The van der Waals surface area contributed by atoms with Crippen molar-refractivity contribution >= 4 is 37.8 Å². The first-order valence-electron chi connectivity index (χ1n) is 2.96. The van der Waals surface area contributed by atoms with E-state index >= 15 is 0 Å². The summed E-state index contributed by atoms with van der Waals surface area (Å²) in [6.45, 7) is 3.97. The first kappa shape index (κ1) is 10.4. The van der Waals surface area contributed by atoms with E-state index in [1.807, 2.05) is 0 Å². The van der Waals surface area contributed by atoms with E-state index in [4.69, 9.17) is 4.74 Å². The first-order valence-corrected chi connectivity index (χ1v) is 4.88. The Labute approximate surface area is 77.6 Å². The van der Waals surface area contributed by atoms with Gasteiger partial charge in [-0.1, -0.05) is 31.9 Å². The molecule has 0 radical (unpaired) electrons. The molecule has 0 aliphatic heterocycles. The van der Waals surface area contributed by atoms with Crippen molar-refractivity contribution in [3.63, 3.8) is 0 Å². The van der Waals surface area contributed by atoms with Gasteiger partial charge in [0.05, 0.1) is 6.61 Å². The maximum atomic E-state index is 11.0. The Balaban J connectivity index is 3.91. The maximum Gasteiger partial charge on any atom is 0.323 e. The van der Waals surface area contributed by atoms with E-state index in [0.29, 0.717) is 11.9 Å². The molecule has 0 aliphatic rings. The summed E-state index contributed by atoms with van der Waals surface area (Å²) in [5.41, 5.74) is 0. The van der Waals surface area contributed by atoms with Crippen LogP contribution in [0.4, 0.5) is 0 Å². The maximum absolute atomic E-state index is 11.0. The highest BCUT2D eigenvalue weighted by Crippen LogP contribution is 2.21. The van der Waals surface area contributed by atoms with Crippen LogP contribution in [0.1, 0.15) is 13.8 Å². The summed E-state index contributed by atoms with van der Waals surface area (Å²) in [4.78, 5) is 11.0. The Kier molecular flexibility index (Phi) is 4.52. The zero-order valence-electron chi connectivity index (χ0n) is 5.99. The van der Waals surface area contributed by atoms with Gasteiger partial charge in [-0.2, -0.15) is 0 Å². The number of alkyl halides is 2. The molecular weight excluding hydrogens is 264 g/mol. The number of hydrogen-bond acceptors (Lipinski definition) is 2. The smallest absolute Gasteiger partial charge is 0.323 e. The van der Waals surface area contributed by atoms with E-state index in [0.717, 1.165) is 0 Å². The van der Waals surface area contributed by atoms with Crippen LogP contribution in [-0.2, 0) is 9.53 Å². The summed E-state index contributed by atoms with van der Waals surface area (Å²) in [5, 5.41) is 0.554. The Morgan fingerprint density at radius 3 is 2.50 bits per heavy atom. The van der Waals surface area contributed by atoms with Crippen molar-refractivity contribution in [2.24, 2.45) is 0 Å². The van der Waals surface area contributed by atoms with Crippen molar-refractivity contribution in [1.82, 2.24) is 0 Å². The number of carbonyl (C=O) groups excluding carboxylic acids is 1. The van der Waals surface area contributed by atoms with E-state index < -0.39 is 4.32 Å². The van der Waals surface area contributed by atoms with Crippen LogP contribution < -0.4 is 0 Å². The summed E-state index contributed by atoms with van der Waals surface area (Å²) in [6.07, 6.45) is 0. The normalized spacial score (nSPS) is 16.0. The Morgan fingerprint density at radius 1 is 1.70 bits per heavy atom. The highest BCUT2D eigenvalue weighted by Gasteiger charge is 2.29. The molecule has 0 heterocycles. The molecule has 0 spiro atoms. The Hall–Kier alpha value is 0.430. The topological polar surface area (TPSA) is 26.3 Å². The van der Waals surface area contributed by atoms with Crippen LogP contribution in [0.25, 0.3) is 0 Å². The molecule has 0 saturated heterocycles. The fourth-order valence-corrected chi connectivity index (χ4v) is 0.680. The molecule has 0 aromatic carbocycles. The van der Waals surface area contributed by atoms with Crippen LogP contribution in [0.5, 0.6) is 0 Å². The van der Waals surface area contributed by atoms with Crippen LogP contribution in [0.3, 0.4) is 0 Å². The lowest BCUT2D eigenvalue weighted by atomic mass is 10.2. The van der Waals surface area contributed by atoms with E-state index in [1.165, 1.54) is 0 Å². The minimum Gasteiger partial charge on any atom is -0.465 e. The predicted molar refractivity (Wildman–Crippen MR) is 47.8 cm³/mol. The van der Waals surface area contributed by atoms with Gasteiger partial charge in [0.2, 0.25) is 0 Å². The van der Waals surface area contributed by atoms with Gasteiger partial charge in [-0.15, -0.1) is 0 Å². The second kappa shape index (κ2) is 4.34. The van der Waals surface area contributed by atoms with Crippen molar-refractivity contribution in [2.45, 2.75) is 18.2 Å². The number of rotatable bonds is 3. The van der Waals surface area contributed by atoms with Crippen molar-refractivity contribution < 1.29 is 9.53 Å². The third kappa shape index (κ3) is 3.01. The molecule has 0 N–H and O–H groups in total. The lowest BCUT2D eigenvalue weighted by Gasteiger charge is -2.16. The highest BCUT2D eigenvalue weighted by atomic mass is 79.9. The zero-order chi connectivity index (χ0) is 8.20. The SMILES string of the molecule is CCOC(=O)[C@](C)(Br)CBr. The van der Waals surface area contributed by atoms with Gasteiger partial charge in [0, 0.05) is 5.33 Å². The summed E-state index contributed by atoms with van der Waals surface area (Å²) >= 11 is 6.42. The molecule has 0 aromatic rings. The fraction of sp³-hybridized carbons (Fsp3) is 0.833. The van der Waals surface area contributed by atoms with Gasteiger partial charge in [-0.3, -0.25) is 4.79 Å². The van der Waals surface area contributed by atoms with Crippen LogP contribution in [-0.4, -0.2) is 22.2 Å². The first-order chi connectivity index (χ1) is 4.54. The van der Waals surface area contributed by atoms with Crippen molar-refractivity contribution in [1.29, 1.82) is 0 Å². The molecule has 0 fully saturated rings. The Morgan fingerprint density at radius 2 is 2.20 bits per heavy atom. The van der Waals surface area contributed by atoms with Gasteiger partial charge >= 0.3 is 5.97 Å². The second-order valence-corrected chi connectivity index (χ2v) is 4.36. The molecule has 10 heavy (non-hydrogen) atoms. The molecule has 0 aliphatic carbocycles. The molecule has 0 amide bonds. The molecule has 0 unspecified atom stereocenters. The van der Waals surface area contributed by atoms with Crippen LogP contribution >= 0.6 is 31.9 Å². The number of esters is 1. The molecule has 1 atom stereocenters. The van der Waals surface area contributed by atoms with E-state index in [-0.39, 0.29) is 5.97 Å². The summed E-state index contributed by atoms with van der Waals surface area (Å²) in [5.74, 6) is -0.230. The predicted octanol–water partition coefficient (Wildman–Crippen LogP) is 2.10. The minimum absolute atomic E-state index is 0.230. The van der Waals surface area contributed by atoms with Gasteiger partial charge in [-0.05, 0) is 13.8 Å². The zero-order valence-corrected chi connectivity index (χ0v) is 9.16. The number of carbonyl (C=O) groups is 1. The number of ether oxygens (including phenoxy) is 1. The standard InChI is InChI=1S/C6H10Br2O2/c1-3-10-5(9)6(2,8)4-7/h3-4H2,1-2H3/t6-/m1/s1. The van der Waals surface area contributed by atoms with E-state index in [2.05, 4.69) is 31.9 Å². The van der Waals surface area contributed by atoms with Crippen LogP contribution in [0, 0.1) is 0 Å². The molecule has 0 saturated carbocycles. The third-order valence-electron chi connectivity index (χ3n) is 0.952. The van der Waals surface area contributed by atoms with Crippen molar-refractivity contribution in [3.05, 3.63) is 0 Å². The van der Waals surface area contributed by atoms with Crippen molar-refractivity contribution in [2.75, 3.05) is 11.9 Å².